The van der Waals surface area contributed by atoms with E-state index in [4.69, 9.17) is 0 Å². The minimum absolute atomic E-state index is 0.241. The van der Waals surface area contributed by atoms with Crippen molar-refractivity contribution < 1.29 is 5.11 Å². The molecule has 2 aliphatic rings. The van der Waals surface area contributed by atoms with E-state index in [0.29, 0.717) is 0 Å². The van der Waals surface area contributed by atoms with Gasteiger partial charge in [-0.3, -0.25) is 0 Å². The molecule has 1 N–H and O–H groups in total. The summed E-state index contributed by atoms with van der Waals surface area (Å²) in [5.74, 6) is 0. The molecule has 0 saturated heterocycles. The van der Waals surface area contributed by atoms with Crippen LogP contribution in [0, 0.1) is 0 Å². The summed E-state index contributed by atoms with van der Waals surface area (Å²) in [4.78, 5) is 0. The molecule has 0 aromatic heterocycles. The van der Waals surface area contributed by atoms with Crippen LogP contribution in [0.2, 0.25) is 0 Å². The third-order valence-corrected chi connectivity index (χ3v) is 5.40. The molecule has 1 aromatic rings. The average Bonchev–Trinajstić information content (AvgIpc) is 2.35. The molecule has 104 valence electrons. The van der Waals surface area contributed by atoms with Gasteiger partial charge in [0.2, 0.25) is 0 Å². The van der Waals surface area contributed by atoms with E-state index in [1.807, 2.05) is 0 Å². The van der Waals surface area contributed by atoms with Crippen LogP contribution in [-0.2, 0) is 17.3 Å². The number of hydrogen-bond donors (Lipinski definition) is 1. The summed E-state index contributed by atoms with van der Waals surface area (Å²) in [6.07, 6.45) is 5.44. The Kier molecular flexibility index (Phi) is 2.83. The predicted octanol–water partition coefficient (Wildman–Crippen LogP) is 4.41. The van der Waals surface area contributed by atoms with Gasteiger partial charge in [-0.15, -0.1) is 0 Å². The Morgan fingerprint density at radius 3 is 2.21 bits per heavy atom. The number of aryl methyl sites for hydroxylation is 1. The van der Waals surface area contributed by atoms with Crippen molar-refractivity contribution in [2.45, 2.75) is 76.7 Å². The monoisotopic (exact) mass is 258 g/mol. The van der Waals surface area contributed by atoms with Crippen LogP contribution in [-0.4, -0.2) is 5.11 Å². The fourth-order valence-electron chi connectivity index (χ4n) is 3.84. The Bertz CT molecular complexity index is 511. The first kappa shape index (κ1) is 13.2. The van der Waals surface area contributed by atoms with Crippen LogP contribution in [0.1, 0.15) is 81.7 Å². The molecule has 0 heterocycles. The molecule has 3 rings (SSSR count). The fourth-order valence-corrected chi connectivity index (χ4v) is 3.84. The zero-order valence-electron chi connectivity index (χ0n) is 12.7. The van der Waals surface area contributed by atoms with Crippen LogP contribution in [0.5, 0.6) is 0 Å². The van der Waals surface area contributed by atoms with Gasteiger partial charge in [-0.05, 0) is 65.2 Å². The zero-order chi connectivity index (χ0) is 13.8. The van der Waals surface area contributed by atoms with Crippen molar-refractivity contribution in [3.05, 3.63) is 34.4 Å². The molecular formula is C18H26O. The average molecular weight is 258 g/mol. The van der Waals surface area contributed by atoms with E-state index in [1.54, 1.807) is 0 Å². The summed E-state index contributed by atoms with van der Waals surface area (Å²) >= 11 is 0. The number of fused-ring (bicyclic) bond motifs is 2. The summed E-state index contributed by atoms with van der Waals surface area (Å²) < 4.78 is 0. The van der Waals surface area contributed by atoms with E-state index < -0.39 is 0 Å². The number of aliphatic hydroxyl groups excluding tert-OH is 1. The minimum Gasteiger partial charge on any atom is -0.388 e. The second-order valence-corrected chi connectivity index (χ2v) is 7.77. The summed E-state index contributed by atoms with van der Waals surface area (Å²) in [5, 5.41) is 10.3. The Morgan fingerprint density at radius 2 is 1.58 bits per heavy atom. The molecule has 1 heteroatoms. The van der Waals surface area contributed by atoms with Crippen LogP contribution in [0.25, 0.3) is 0 Å². The topological polar surface area (TPSA) is 20.2 Å². The molecule has 1 nitrogen and oxygen atoms in total. The van der Waals surface area contributed by atoms with Gasteiger partial charge in [-0.1, -0.05) is 39.8 Å². The normalized spacial score (nSPS) is 27.5. The quantitative estimate of drug-likeness (QED) is 0.731. The van der Waals surface area contributed by atoms with Gasteiger partial charge in [0.25, 0.3) is 0 Å². The van der Waals surface area contributed by atoms with Crippen molar-refractivity contribution in [3.8, 4) is 0 Å². The molecule has 0 radical (unpaired) electrons. The lowest BCUT2D eigenvalue weighted by molar-refractivity contribution is 0.156. The Balaban J connectivity index is 2.22. The third kappa shape index (κ3) is 2.03. The maximum Gasteiger partial charge on any atom is 0.0792 e. The van der Waals surface area contributed by atoms with Crippen molar-refractivity contribution >= 4 is 0 Å². The summed E-state index contributed by atoms with van der Waals surface area (Å²) in [6.45, 7) is 9.44. The van der Waals surface area contributed by atoms with E-state index >= 15 is 0 Å². The van der Waals surface area contributed by atoms with Crippen molar-refractivity contribution in [2.75, 3.05) is 0 Å². The van der Waals surface area contributed by atoms with Crippen LogP contribution in [0.4, 0.5) is 0 Å². The highest BCUT2D eigenvalue weighted by Gasteiger charge is 2.38. The molecule has 0 bridgehead atoms. The molecule has 2 aliphatic carbocycles. The maximum atomic E-state index is 10.3. The van der Waals surface area contributed by atoms with Gasteiger partial charge in [0.05, 0.1) is 6.10 Å². The maximum absolute atomic E-state index is 10.3. The third-order valence-electron chi connectivity index (χ3n) is 5.40. The van der Waals surface area contributed by atoms with E-state index in [-0.39, 0.29) is 16.9 Å². The van der Waals surface area contributed by atoms with Crippen molar-refractivity contribution in [2.24, 2.45) is 0 Å². The summed E-state index contributed by atoms with van der Waals surface area (Å²) in [6, 6.07) is 4.74. The van der Waals surface area contributed by atoms with Gasteiger partial charge in [0.1, 0.15) is 0 Å². The molecule has 1 atom stereocenters. The molecule has 0 saturated carbocycles. The van der Waals surface area contributed by atoms with Gasteiger partial charge >= 0.3 is 0 Å². The van der Waals surface area contributed by atoms with Gasteiger partial charge in [0, 0.05) is 0 Å². The first-order valence-electron chi connectivity index (χ1n) is 7.67. The van der Waals surface area contributed by atoms with E-state index in [2.05, 4.69) is 39.8 Å². The lowest BCUT2D eigenvalue weighted by atomic mass is 9.62. The second-order valence-electron chi connectivity index (χ2n) is 7.77. The summed E-state index contributed by atoms with van der Waals surface area (Å²) in [5.41, 5.74) is 6.12. The van der Waals surface area contributed by atoms with Gasteiger partial charge in [0.15, 0.2) is 0 Å². The first-order valence-corrected chi connectivity index (χ1v) is 7.67. The van der Waals surface area contributed by atoms with Gasteiger partial charge < -0.3 is 5.11 Å². The molecule has 1 aromatic carbocycles. The SMILES string of the molecule is CC1(C)CCC(C)(C)c2cc3c(cc21)CCC[C@@H]3O. The Morgan fingerprint density at radius 1 is 1.00 bits per heavy atom. The molecule has 0 aliphatic heterocycles. The van der Waals surface area contributed by atoms with E-state index in [0.717, 1.165) is 19.3 Å². The minimum atomic E-state index is -0.241. The summed E-state index contributed by atoms with van der Waals surface area (Å²) in [7, 11) is 0. The second kappa shape index (κ2) is 4.09. The highest BCUT2D eigenvalue weighted by Crippen LogP contribution is 2.48. The molecule has 0 amide bonds. The lowest BCUT2D eigenvalue weighted by Crippen LogP contribution is -2.34. The van der Waals surface area contributed by atoms with Crippen LogP contribution < -0.4 is 0 Å². The molecular weight excluding hydrogens is 232 g/mol. The van der Waals surface area contributed by atoms with Crippen molar-refractivity contribution in [3.63, 3.8) is 0 Å². The largest absolute Gasteiger partial charge is 0.388 e. The standard InChI is InChI=1S/C18H26O/c1-17(2)8-9-18(3,4)15-11-13-12(10-14(15)17)6-5-7-16(13)19/h10-11,16,19H,5-9H2,1-4H3/t16-/m0/s1. The van der Waals surface area contributed by atoms with E-state index in [9.17, 15) is 5.11 Å². The number of benzene rings is 1. The molecule has 0 fully saturated rings. The van der Waals surface area contributed by atoms with Crippen molar-refractivity contribution in [1.29, 1.82) is 0 Å². The Hall–Kier alpha value is -0.820. The molecule has 0 unspecified atom stereocenters. The van der Waals surface area contributed by atoms with Crippen LogP contribution in [0.3, 0.4) is 0 Å². The van der Waals surface area contributed by atoms with Crippen molar-refractivity contribution in [1.82, 2.24) is 0 Å². The number of rotatable bonds is 0. The molecule has 19 heavy (non-hydrogen) atoms. The molecule has 0 spiro atoms. The predicted molar refractivity (Wildman–Crippen MR) is 79.6 cm³/mol. The van der Waals surface area contributed by atoms with Crippen LogP contribution in [0.15, 0.2) is 12.1 Å². The zero-order valence-corrected chi connectivity index (χ0v) is 12.7. The van der Waals surface area contributed by atoms with Crippen LogP contribution >= 0.6 is 0 Å². The highest BCUT2D eigenvalue weighted by molar-refractivity contribution is 5.48. The number of aliphatic hydroxyl groups is 1. The number of hydrogen-bond acceptors (Lipinski definition) is 1. The Labute approximate surface area is 117 Å². The smallest absolute Gasteiger partial charge is 0.0792 e. The first-order chi connectivity index (χ1) is 8.81. The van der Waals surface area contributed by atoms with E-state index in [1.165, 1.54) is 35.1 Å². The highest BCUT2D eigenvalue weighted by atomic mass is 16.3. The fraction of sp³-hybridized carbons (Fsp3) is 0.667. The van der Waals surface area contributed by atoms with Gasteiger partial charge in [-0.25, -0.2) is 0 Å². The lowest BCUT2D eigenvalue weighted by Gasteiger charge is -2.43. The van der Waals surface area contributed by atoms with Gasteiger partial charge in [-0.2, -0.15) is 0 Å².